The highest BCUT2D eigenvalue weighted by molar-refractivity contribution is 5.70. The lowest BCUT2D eigenvalue weighted by Crippen LogP contribution is -2.38. The maximum absolute atomic E-state index is 13.0. The predicted octanol–water partition coefficient (Wildman–Crippen LogP) is 3.51. The quantitative estimate of drug-likeness (QED) is 0.867. The highest BCUT2D eigenvalue weighted by atomic mass is 19.1. The minimum atomic E-state index is -0.689. The van der Waals surface area contributed by atoms with Crippen LogP contribution in [-0.2, 0) is 4.79 Å². The third kappa shape index (κ3) is 3.79. The van der Waals surface area contributed by atoms with Crippen LogP contribution in [0.3, 0.4) is 0 Å². The molecule has 0 radical (unpaired) electrons. The van der Waals surface area contributed by atoms with Gasteiger partial charge in [0.25, 0.3) is 0 Å². The Morgan fingerprint density at radius 3 is 2.70 bits per heavy atom. The van der Waals surface area contributed by atoms with Gasteiger partial charge in [0.05, 0.1) is 5.92 Å². The molecule has 3 atom stereocenters. The zero-order valence-corrected chi connectivity index (χ0v) is 11.8. The third-order valence-electron chi connectivity index (χ3n) is 4.14. The fourth-order valence-electron chi connectivity index (χ4n) is 2.99. The van der Waals surface area contributed by atoms with Crippen LogP contribution in [0.2, 0.25) is 0 Å². The summed E-state index contributed by atoms with van der Waals surface area (Å²) < 4.78 is 13.0. The van der Waals surface area contributed by atoms with E-state index in [9.17, 15) is 9.18 Å². The van der Waals surface area contributed by atoms with Gasteiger partial charge in [-0.1, -0.05) is 25.5 Å². The number of halogens is 1. The van der Waals surface area contributed by atoms with Crippen LogP contribution in [0, 0.1) is 11.7 Å². The Balaban J connectivity index is 1.99. The molecule has 4 heteroatoms. The van der Waals surface area contributed by atoms with Crippen molar-refractivity contribution in [3.05, 3.63) is 35.6 Å². The van der Waals surface area contributed by atoms with Crippen molar-refractivity contribution < 1.29 is 14.3 Å². The normalized spacial score (nSPS) is 24.3. The fourth-order valence-corrected chi connectivity index (χ4v) is 2.99. The molecule has 0 aromatic heterocycles. The van der Waals surface area contributed by atoms with E-state index in [0.717, 1.165) is 31.2 Å². The summed E-state index contributed by atoms with van der Waals surface area (Å²) in [6, 6.07) is 6.94. The van der Waals surface area contributed by atoms with E-state index in [4.69, 9.17) is 5.11 Å². The van der Waals surface area contributed by atoms with Crippen LogP contribution < -0.4 is 5.32 Å². The predicted molar refractivity (Wildman–Crippen MR) is 75.9 cm³/mol. The van der Waals surface area contributed by atoms with Crippen LogP contribution in [0.15, 0.2) is 24.3 Å². The van der Waals surface area contributed by atoms with Gasteiger partial charge < -0.3 is 10.4 Å². The van der Waals surface area contributed by atoms with Gasteiger partial charge in [-0.25, -0.2) is 4.39 Å². The molecule has 2 rings (SSSR count). The largest absolute Gasteiger partial charge is 0.481 e. The van der Waals surface area contributed by atoms with Crippen molar-refractivity contribution in [2.45, 2.75) is 51.1 Å². The van der Waals surface area contributed by atoms with Crippen LogP contribution in [0.5, 0.6) is 0 Å². The molecule has 0 bridgehead atoms. The average Bonchev–Trinajstić information content (AvgIpc) is 2.46. The van der Waals surface area contributed by atoms with Crippen molar-refractivity contribution in [1.82, 2.24) is 5.32 Å². The van der Waals surface area contributed by atoms with Gasteiger partial charge in [0.2, 0.25) is 0 Å². The van der Waals surface area contributed by atoms with E-state index in [0.29, 0.717) is 6.42 Å². The third-order valence-corrected chi connectivity index (χ3v) is 4.14. The Morgan fingerprint density at radius 2 is 2.10 bits per heavy atom. The second-order valence-corrected chi connectivity index (χ2v) is 5.58. The zero-order chi connectivity index (χ0) is 14.5. The molecule has 0 aliphatic heterocycles. The first-order valence-corrected chi connectivity index (χ1v) is 7.34. The van der Waals surface area contributed by atoms with Crippen molar-refractivity contribution in [3.8, 4) is 0 Å². The number of carboxylic acids is 1. The summed E-state index contributed by atoms with van der Waals surface area (Å²) in [4.78, 5) is 11.1. The number of rotatable bonds is 5. The number of hydrogen-bond acceptors (Lipinski definition) is 2. The SMILES string of the molecule is CCC(NC1CCCC(C(=O)O)C1)c1ccc(F)cc1. The molecule has 1 saturated carbocycles. The summed E-state index contributed by atoms with van der Waals surface area (Å²) in [7, 11) is 0. The molecule has 1 aromatic carbocycles. The molecule has 0 heterocycles. The van der Waals surface area contributed by atoms with E-state index in [2.05, 4.69) is 12.2 Å². The lowest BCUT2D eigenvalue weighted by molar-refractivity contribution is -0.143. The standard InChI is InChI=1S/C16H22FNO2/c1-2-15(11-6-8-13(17)9-7-11)18-14-5-3-4-12(10-14)16(19)20/h6-9,12,14-15,18H,2-5,10H2,1H3,(H,19,20). The smallest absolute Gasteiger partial charge is 0.306 e. The summed E-state index contributed by atoms with van der Waals surface area (Å²) >= 11 is 0. The molecule has 1 aliphatic rings. The van der Waals surface area contributed by atoms with Gasteiger partial charge in [0.1, 0.15) is 5.82 Å². The van der Waals surface area contributed by atoms with Gasteiger partial charge >= 0.3 is 5.97 Å². The average molecular weight is 279 g/mol. The molecular weight excluding hydrogens is 257 g/mol. The summed E-state index contributed by atoms with van der Waals surface area (Å²) in [6.07, 6.45) is 4.34. The Hall–Kier alpha value is -1.42. The molecule has 110 valence electrons. The Labute approximate surface area is 119 Å². The van der Waals surface area contributed by atoms with Crippen LogP contribution in [0.25, 0.3) is 0 Å². The fraction of sp³-hybridized carbons (Fsp3) is 0.562. The van der Waals surface area contributed by atoms with E-state index in [-0.39, 0.29) is 23.8 Å². The molecular formula is C16H22FNO2. The zero-order valence-electron chi connectivity index (χ0n) is 11.8. The van der Waals surface area contributed by atoms with Gasteiger partial charge in [0, 0.05) is 12.1 Å². The second kappa shape index (κ2) is 6.84. The van der Waals surface area contributed by atoms with E-state index in [1.54, 1.807) is 12.1 Å². The molecule has 2 N–H and O–H groups in total. The van der Waals surface area contributed by atoms with Crippen LogP contribution >= 0.6 is 0 Å². The van der Waals surface area contributed by atoms with Gasteiger partial charge in [-0.15, -0.1) is 0 Å². The number of nitrogens with one attached hydrogen (secondary N) is 1. The first kappa shape index (κ1) is 15.0. The molecule has 3 nitrogen and oxygen atoms in total. The van der Waals surface area contributed by atoms with E-state index >= 15 is 0 Å². The topological polar surface area (TPSA) is 49.3 Å². The number of aliphatic carboxylic acids is 1. The van der Waals surface area contributed by atoms with E-state index in [1.807, 2.05) is 0 Å². The summed E-state index contributed by atoms with van der Waals surface area (Å²) in [6.45, 7) is 2.08. The lowest BCUT2D eigenvalue weighted by Gasteiger charge is -2.31. The van der Waals surface area contributed by atoms with E-state index in [1.165, 1.54) is 12.1 Å². The minimum absolute atomic E-state index is 0.160. The van der Waals surface area contributed by atoms with Gasteiger partial charge in [-0.3, -0.25) is 4.79 Å². The van der Waals surface area contributed by atoms with Crippen molar-refractivity contribution >= 4 is 5.97 Å². The molecule has 20 heavy (non-hydrogen) atoms. The number of carbonyl (C=O) groups is 1. The van der Waals surface area contributed by atoms with Crippen molar-refractivity contribution in [2.24, 2.45) is 5.92 Å². The summed E-state index contributed by atoms with van der Waals surface area (Å²) in [5.41, 5.74) is 1.06. The van der Waals surface area contributed by atoms with Gasteiger partial charge in [-0.2, -0.15) is 0 Å². The Bertz CT molecular complexity index is 446. The maximum atomic E-state index is 13.0. The number of carboxylic acid groups (broad SMARTS) is 1. The lowest BCUT2D eigenvalue weighted by atomic mass is 9.85. The number of benzene rings is 1. The minimum Gasteiger partial charge on any atom is -0.481 e. The second-order valence-electron chi connectivity index (χ2n) is 5.58. The van der Waals surface area contributed by atoms with Crippen molar-refractivity contribution in [2.75, 3.05) is 0 Å². The van der Waals surface area contributed by atoms with Crippen molar-refractivity contribution in [1.29, 1.82) is 0 Å². The number of hydrogen-bond donors (Lipinski definition) is 2. The first-order valence-electron chi connectivity index (χ1n) is 7.34. The van der Waals surface area contributed by atoms with Crippen LogP contribution in [0.1, 0.15) is 50.6 Å². The monoisotopic (exact) mass is 279 g/mol. The first-order chi connectivity index (χ1) is 9.60. The van der Waals surface area contributed by atoms with Crippen molar-refractivity contribution in [3.63, 3.8) is 0 Å². The maximum Gasteiger partial charge on any atom is 0.306 e. The molecule has 1 fully saturated rings. The summed E-state index contributed by atoms with van der Waals surface area (Å²) in [5.74, 6) is -1.15. The molecule has 3 unspecified atom stereocenters. The van der Waals surface area contributed by atoms with E-state index < -0.39 is 5.97 Å². The summed E-state index contributed by atoms with van der Waals surface area (Å²) in [5, 5.41) is 12.7. The Kier molecular flexibility index (Phi) is 5.12. The molecule has 1 aromatic rings. The highest BCUT2D eigenvalue weighted by Gasteiger charge is 2.28. The van der Waals surface area contributed by atoms with Gasteiger partial charge in [-0.05, 0) is 43.4 Å². The molecule has 0 spiro atoms. The molecule has 1 aliphatic carbocycles. The molecule has 0 saturated heterocycles. The van der Waals surface area contributed by atoms with Gasteiger partial charge in [0.15, 0.2) is 0 Å². The highest BCUT2D eigenvalue weighted by Crippen LogP contribution is 2.27. The Morgan fingerprint density at radius 1 is 1.40 bits per heavy atom. The van der Waals surface area contributed by atoms with Crippen LogP contribution in [-0.4, -0.2) is 17.1 Å². The van der Waals surface area contributed by atoms with Crippen LogP contribution in [0.4, 0.5) is 4.39 Å². The molecule has 0 amide bonds.